The second-order valence-corrected chi connectivity index (χ2v) is 8.46. The van der Waals surface area contributed by atoms with E-state index in [2.05, 4.69) is 0 Å². The van der Waals surface area contributed by atoms with Crippen LogP contribution in [-0.2, 0) is 10.0 Å². The third kappa shape index (κ3) is 2.94. The summed E-state index contributed by atoms with van der Waals surface area (Å²) in [7, 11) is -3.43. The van der Waals surface area contributed by atoms with Gasteiger partial charge in [0, 0.05) is 18.7 Å². The summed E-state index contributed by atoms with van der Waals surface area (Å²) in [5.41, 5.74) is 1.06. The number of aliphatic hydroxyl groups excluding tert-OH is 1. The van der Waals surface area contributed by atoms with Crippen molar-refractivity contribution in [1.29, 1.82) is 0 Å². The van der Waals surface area contributed by atoms with Gasteiger partial charge in [-0.3, -0.25) is 0 Å². The van der Waals surface area contributed by atoms with Crippen LogP contribution in [0.1, 0.15) is 44.1 Å². The number of hydrogen-bond donors (Lipinski definition) is 1. The average molecular weight is 323 g/mol. The Morgan fingerprint density at radius 2 is 1.77 bits per heavy atom. The van der Waals surface area contributed by atoms with Crippen molar-refractivity contribution in [2.75, 3.05) is 6.61 Å². The predicted octanol–water partition coefficient (Wildman–Crippen LogP) is 2.70. The van der Waals surface area contributed by atoms with Gasteiger partial charge in [-0.05, 0) is 44.2 Å². The minimum absolute atomic E-state index is 0.0144. The number of nitrogens with zero attached hydrogens (tertiary/aromatic N) is 1. The second-order valence-electron chi connectivity index (χ2n) is 6.62. The van der Waals surface area contributed by atoms with Crippen LogP contribution in [0.5, 0.6) is 0 Å². The predicted molar refractivity (Wildman–Crippen MR) is 86.1 cm³/mol. The average Bonchev–Trinajstić information content (AvgIpc) is 3.24. The van der Waals surface area contributed by atoms with Crippen LogP contribution in [-0.4, -0.2) is 36.5 Å². The van der Waals surface area contributed by atoms with Crippen LogP contribution in [0.2, 0.25) is 0 Å². The van der Waals surface area contributed by atoms with Crippen molar-refractivity contribution in [2.24, 2.45) is 5.92 Å². The van der Waals surface area contributed by atoms with E-state index in [1.807, 2.05) is 19.1 Å². The number of hydrogen-bond acceptors (Lipinski definition) is 3. The zero-order valence-corrected chi connectivity index (χ0v) is 13.9. The molecule has 1 N–H and O–H groups in total. The van der Waals surface area contributed by atoms with Gasteiger partial charge in [0.2, 0.25) is 10.0 Å². The summed E-state index contributed by atoms with van der Waals surface area (Å²) < 4.78 is 27.4. The maximum absolute atomic E-state index is 12.9. The molecule has 1 saturated heterocycles. The molecule has 122 valence electrons. The molecule has 2 aliphatic rings. The van der Waals surface area contributed by atoms with Crippen LogP contribution in [0.25, 0.3) is 0 Å². The van der Waals surface area contributed by atoms with E-state index in [1.54, 1.807) is 16.4 Å². The van der Waals surface area contributed by atoms with Crippen LogP contribution in [0.4, 0.5) is 0 Å². The third-order valence-electron chi connectivity index (χ3n) is 5.08. The monoisotopic (exact) mass is 323 g/mol. The summed E-state index contributed by atoms with van der Waals surface area (Å²) in [5, 5.41) is 9.26. The zero-order chi connectivity index (χ0) is 15.7. The van der Waals surface area contributed by atoms with Crippen LogP contribution < -0.4 is 0 Å². The fraction of sp³-hybridized carbons (Fsp3) is 0.647. The van der Waals surface area contributed by atoms with Crippen molar-refractivity contribution < 1.29 is 13.5 Å². The van der Waals surface area contributed by atoms with E-state index < -0.39 is 10.0 Å². The molecule has 4 nitrogen and oxygen atoms in total. The number of rotatable bonds is 5. The molecule has 0 bridgehead atoms. The molecule has 3 rings (SSSR count). The Balaban J connectivity index is 1.83. The minimum Gasteiger partial charge on any atom is -0.396 e. The van der Waals surface area contributed by atoms with Crippen molar-refractivity contribution in [3.05, 3.63) is 29.8 Å². The molecule has 5 heteroatoms. The molecule has 1 aliphatic carbocycles. The molecule has 1 heterocycles. The minimum atomic E-state index is -3.43. The summed E-state index contributed by atoms with van der Waals surface area (Å²) >= 11 is 0. The van der Waals surface area contributed by atoms with E-state index in [-0.39, 0.29) is 18.7 Å². The molecule has 1 aromatic carbocycles. The van der Waals surface area contributed by atoms with E-state index in [1.165, 1.54) is 19.3 Å². The van der Waals surface area contributed by atoms with Crippen molar-refractivity contribution in [2.45, 2.75) is 62.4 Å². The van der Waals surface area contributed by atoms with Crippen molar-refractivity contribution >= 4 is 10.0 Å². The van der Waals surface area contributed by atoms with Crippen molar-refractivity contribution in [1.82, 2.24) is 4.31 Å². The molecule has 22 heavy (non-hydrogen) atoms. The standard InChI is InChI=1S/C17H25NO3S/c1-13-7-9-15(10-8-13)22(20,21)18-16(11-12-19)17(18)14-5-3-2-4-6-14/h7-10,14,16-17,19H,2-6,11-12H2,1H3/t16-,17+,18?/m1/s1. The highest BCUT2D eigenvalue weighted by Crippen LogP contribution is 2.46. The molecular weight excluding hydrogens is 298 g/mol. The first-order valence-electron chi connectivity index (χ1n) is 8.27. The summed E-state index contributed by atoms with van der Waals surface area (Å²) in [5.74, 6) is 0.463. The Labute approximate surface area is 133 Å². The summed E-state index contributed by atoms with van der Waals surface area (Å²) in [6, 6.07) is 7.15. The maximum Gasteiger partial charge on any atom is 0.243 e. The zero-order valence-electron chi connectivity index (χ0n) is 13.1. The topological polar surface area (TPSA) is 57.4 Å². The van der Waals surface area contributed by atoms with Gasteiger partial charge in [-0.1, -0.05) is 37.0 Å². The second kappa shape index (κ2) is 6.30. The summed E-state index contributed by atoms with van der Waals surface area (Å²) in [4.78, 5) is 0.374. The normalized spacial score (nSPS) is 29.5. The first-order valence-corrected chi connectivity index (χ1v) is 9.71. The number of sulfonamides is 1. The van der Waals surface area contributed by atoms with E-state index in [4.69, 9.17) is 0 Å². The van der Waals surface area contributed by atoms with Crippen LogP contribution in [0.3, 0.4) is 0 Å². The number of benzene rings is 1. The Bertz CT molecular complexity index is 605. The molecule has 0 spiro atoms. The molecule has 1 unspecified atom stereocenters. The Kier molecular flexibility index (Phi) is 4.57. The molecule has 1 aliphatic heterocycles. The van der Waals surface area contributed by atoms with E-state index in [0.29, 0.717) is 17.2 Å². The first-order chi connectivity index (χ1) is 10.6. The van der Waals surface area contributed by atoms with E-state index in [0.717, 1.165) is 18.4 Å². The van der Waals surface area contributed by atoms with Crippen LogP contribution in [0.15, 0.2) is 29.2 Å². The molecule has 2 fully saturated rings. The molecule has 1 aromatic rings. The van der Waals surface area contributed by atoms with Crippen LogP contribution in [0, 0.1) is 12.8 Å². The Morgan fingerprint density at radius 3 is 2.36 bits per heavy atom. The van der Waals surface area contributed by atoms with Gasteiger partial charge in [0.05, 0.1) is 4.90 Å². The highest BCUT2D eigenvalue weighted by Gasteiger charge is 2.57. The number of aryl methyl sites for hydroxylation is 1. The van der Waals surface area contributed by atoms with Gasteiger partial charge in [-0.25, -0.2) is 8.42 Å². The fourth-order valence-corrected chi connectivity index (χ4v) is 5.76. The quantitative estimate of drug-likeness (QED) is 0.848. The lowest BCUT2D eigenvalue weighted by Crippen LogP contribution is -2.21. The number of aliphatic hydroxyl groups is 1. The van der Waals surface area contributed by atoms with Gasteiger partial charge in [0.1, 0.15) is 0 Å². The lowest BCUT2D eigenvalue weighted by molar-refractivity contribution is 0.281. The Hall–Kier alpha value is -0.910. The third-order valence-corrected chi connectivity index (χ3v) is 7.02. The highest BCUT2D eigenvalue weighted by molar-refractivity contribution is 7.89. The van der Waals surface area contributed by atoms with E-state index >= 15 is 0 Å². The van der Waals surface area contributed by atoms with Gasteiger partial charge in [0.25, 0.3) is 0 Å². The van der Waals surface area contributed by atoms with Crippen molar-refractivity contribution in [3.63, 3.8) is 0 Å². The van der Waals surface area contributed by atoms with Crippen LogP contribution >= 0.6 is 0 Å². The largest absolute Gasteiger partial charge is 0.396 e. The molecule has 0 radical (unpaired) electrons. The van der Waals surface area contributed by atoms with Crippen molar-refractivity contribution in [3.8, 4) is 0 Å². The lowest BCUT2D eigenvalue weighted by atomic mass is 9.85. The molecule has 0 amide bonds. The smallest absolute Gasteiger partial charge is 0.243 e. The molecule has 1 saturated carbocycles. The summed E-state index contributed by atoms with van der Waals surface area (Å²) in [6.07, 6.45) is 6.45. The lowest BCUT2D eigenvalue weighted by Gasteiger charge is -2.21. The van der Waals surface area contributed by atoms with E-state index in [9.17, 15) is 13.5 Å². The van der Waals surface area contributed by atoms with Gasteiger partial charge >= 0.3 is 0 Å². The van der Waals surface area contributed by atoms with Gasteiger partial charge in [-0.2, -0.15) is 4.31 Å². The Morgan fingerprint density at radius 1 is 1.14 bits per heavy atom. The SMILES string of the molecule is Cc1ccc(S(=O)(=O)N2[C@H](CCO)[C@@H]2C2CCCCC2)cc1. The fourth-order valence-electron chi connectivity index (χ4n) is 3.88. The molecular formula is C17H25NO3S. The van der Waals surface area contributed by atoms with Gasteiger partial charge in [-0.15, -0.1) is 0 Å². The first kappa shape index (κ1) is 16.0. The molecule has 3 atom stereocenters. The van der Waals surface area contributed by atoms with Gasteiger partial charge in [0.15, 0.2) is 0 Å². The molecule has 0 aromatic heterocycles. The highest BCUT2D eigenvalue weighted by atomic mass is 32.2. The maximum atomic E-state index is 12.9. The van der Waals surface area contributed by atoms with Gasteiger partial charge < -0.3 is 5.11 Å². The summed E-state index contributed by atoms with van der Waals surface area (Å²) in [6.45, 7) is 2.00.